The molecule has 2 aromatic heterocycles. The molecule has 1 N–H and O–H groups in total. The number of hydrogen-bond donors (Lipinski definition) is 1. The Hall–Kier alpha value is -3.02. The molecule has 24 heavy (non-hydrogen) atoms. The van der Waals surface area contributed by atoms with Gasteiger partial charge in [-0.3, -0.25) is 0 Å². The van der Waals surface area contributed by atoms with Crippen molar-refractivity contribution in [2.45, 2.75) is 27.4 Å². The number of phenolic OH excluding ortho intramolecular Hbond substituents is 1. The number of fused-ring (bicyclic) bond motifs is 1. The molecule has 0 saturated carbocycles. The van der Waals surface area contributed by atoms with E-state index in [1.807, 2.05) is 0 Å². The molecule has 6 heteroatoms. The van der Waals surface area contributed by atoms with Crippen LogP contribution in [0.25, 0.3) is 11.0 Å². The number of carbonyl (C=O) groups excluding carboxylic acids is 1. The standard InChI is InChI=1S/C18H16O6/c1-9-10(2)23-11(3)17(9)18(21)22-8-12-6-16(20)24-15-7-13(19)4-5-14(12)15/h4-7,19H,8H2,1-3H3. The quantitative estimate of drug-likeness (QED) is 0.585. The van der Waals surface area contributed by atoms with Crippen LogP contribution >= 0.6 is 0 Å². The summed E-state index contributed by atoms with van der Waals surface area (Å²) in [5, 5.41) is 10.1. The maximum atomic E-state index is 12.3. The Bertz CT molecular complexity index is 993. The fraction of sp³-hybridized carbons (Fsp3) is 0.222. The van der Waals surface area contributed by atoms with Crippen LogP contribution < -0.4 is 5.63 Å². The number of aryl methyl sites for hydroxylation is 2. The first kappa shape index (κ1) is 15.9. The Morgan fingerprint density at radius 2 is 1.88 bits per heavy atom. The summed E-state index contributed by atoms with van der Waals surface area (Å²) in [6, 6.07) is 5.69. The largest absolute Gasteiger partial charge is 0.508 e. The van der Waals surface area contributed by atoms with Gasteiger partial charge in [-0.05, 0) is 32.9 Å². The summed E-state index contributed by atoms with van der Waals surface area (Å²) in [4.78, 5) is 24.0. The van der Waals surface area contributed by atoms with Crippen molar-refractivity contribution in [2.24, 2.45) is 0 Å². The van der Waals surface area contributed by atoms with E-state index in [0.29, 0.717) is 28.0 Å². The summed E-state index contributed by atoms with van der Waals surface area (Å²) in [7, 11) is 0. The van der Waals surface area contributed by atoms with Crippen LogP contribution in [0.4, 0.5) is 0 Å². The van der Waals surface area contributed by atoms with Crippen LogP contribution in [-0.4, -0.2) is 11.1 Å². The highest BCUT2D eigenvalue weighted by Gasteiger charge is 2.20. The third-order valence-corrected chi connectivity index (χ3v) is 3.94. The SMILES string of the molecule is Cc1oc(C)c(C(=O)OCc2cc(=O)oc3cc(O)ccc23)c1C. The fourth-order valence-corrected chi connectivity index (χ4v) is 2.65. The van der Waals surface area contributed by atoms with Crippen LogP contribution in [0.1, 0.15) is 33.0 Å². The normalized spacial score (nSPS) is 11.0. The molecule has 0 atom stereocenters. The molecule has 3 aromatic rings. The predicted molar refractivity (Wildman–Crippen MR) is 86.2 cm³/mol. The topological polar surface area (TPSA) is 89.9 Å². The highest BCUT2D eigenvalue weighted by molar-refractivity contribution is 5.92. The molecule has 2 heterocycles. The molecule has 0 aliphatic carbocycles. The van der Waals surface area contributed by atoms with Crippen LogP contribution in [0.5, 0.6) is 5.75 Å². The van der Waals surface area contributed by atoms with Crippen LogP contribution in [0.2, 0.25) is 0 Å². The van der Waals surface area contributed by atoms with E-state index in [2.05, 4.69) is 0 Å². The molecule has 124 valence electrons. The molecule has 0 spiro atoms. The first-order valence-corrected chi connectivity index (χ1v) is 7.36. The van der Waals surface area contributed by atoms with E-state index in [1.54, 1.807) is 26.8 Å². The molecular weight excluding hydrogens is 312 g/mol. The Labute approximate surface area is 137 Å². The second kappa shape index (κ2) is 5.88. The van der Waals surface area contributed by atoms with Crippen molar-refractivity contribution in [3.63, 3.8) is 0 Å². The third kappa shape index (κ3) is 2.78. The molecule has 1 aromatic carbocycles. The molecular formula is C18H16O6. The Morgan fingerprint density at radius 1 is 1.12 bits per heavy atom. The minimum Gasteiger partial charge on any atom is -0.508 e. The molecule has 0 aliphatic heterocycles. The van der Waals surface area contributed by atoms with Crippen molar-refractivity contribution in [3.8, 4) is 5.75 Å². The van der Waals surface area contributed by atoms with Gasteiger partial charge in [0.05, 0.1) is 0 Å². The summed E-state index contributed by atoms with van der Waals surface area (Å²) in [6.45, 7) is 5.18. The van der Waals surface area contributed by atoms with E-state index in [4.69, 9.17) is 13.6 Å². The van der Waals surface area contributed by atoms with Crippen LogP contribution in [0.3, 0.4) is 0 Å². The predicted octanol–water partition coefficient (Wildman–Crippen LogP) is 3.37. The zero-order valence-electron chi connectivity index (χ0n) is 13.5. The van der Waals surface area contributed by atoms with Gasteiger partial charge in [-0.1, -0.05) is 0 Å². The van der Waals surface area contributed by atoms with Crippen LogP contribution in [0, 0.1) is 20.8 Å². The highest BCUT2D eigenvalue weighted by Crippen LogP contribution is 2.24. The van der Waals surface area contributed by atoms with E-state index in [9.17, 15) is 14.7 Å². The summed E-state index contributed by atoms with van der Waals surface area (Å²) < 4.78 is 15.8. The minimum absolute atomic E-state index is 0.0140. The number of aromatic hydroxyl groups is 1. The van der Waals surface area contributed by atoms with E-state index >= 15 is 0 Å². The number of ether oxygens (including phenoxy) is 1. The Morgan fingerprint density at radius 3 is 2.54 bits per heavy atom. The second-order valence-electron chi connectivity index (χ2n) is 5.56. The number of hydrogen-bond acceptors (Lipinski definition) is 6. The fourth-order valence-electron chi connectivity index (χ4n) is 2.65. The molecule has 0 fully saturated rings. The number of furan rings is 1. The Balaban J connectivity index is 1.91. The second-order valence-corrected chi connectivity index (χ2v) is 5.56. The van der Waals surface area contributed by atoms with Crippen molar-refractivity contribution < 1.29 is 23.5 Å². The first-order valence-electron chi connectivity index (χ1n) is 7.36. The van der Waals surface area contributed by atoms with Crippen molar-refractivity contribution in [1.82, 2.24) is 0 Å². The van der Waals surface area contributed by atoms with Crippen molar-refractivity contribution >= 4 is 16.9 Å². The zero-order valence-corrected chi connectivity index (χ0v) is 13.5. The number of rotatable bonds is 3. The minimum atomic E-state index is -0.578. The summed E-state index contributed by atoms with van der Waals surface area (Å²) in [5.74, 6) is 0.639. The van der Waals surface area contributed by atoms with Crippen molar-refractivity contribution in [3.05, 3.63) is 62.9 Å². The molecule has 0 amide bonds. The van der Waals surface area contributed by atoms with Gasteiger partial charge in [0.1, 0.15) is 35.0 Å². The highest BCUT2D eigenvalue weighted by atomic mass is 16.5. The summed E-state index contributed by atoms with van der Waals surface area (Å²) in [5.41, 5.74) is 1.30. The van der Waals surface area contributed by atoms with Crippen LogP contribution in [-0.2, 0) is 11.3 Å². The van der Waals surface area contributed by atoms with Gasteiger partial charge in [-0.2, -0.15) is 0 Å². The smallest absolute Gasteiger partial charge is 0.342 e. The zero-order chi connectivity index (χ0) is 17.4. The lowest BCUT2D eigenvalue weighted by atomic mass is 10.1. The lowest BCUT2D eigenvalue weighted by molar-refractivity contribution is 0.0471. The molecule has 0 aliphatic rings. The van der Waals surface area contributed by atoms with E-state index in [-0.39, 0.29) is 17.9 Å². The van der Waals surface area contributed by atoms with Crippen molar-refractivity contribution in [1.29, 1.82) is 0 Å². The monoisotopic (exact) mass is 328 g/mol. The van der Waals surface area contributed by atoms with Gasteiger partial charge in [0, 0.05) is 28.6 Å². The van der Waals surface area contributed by atoms with E-state index in [1.165, 1.54) is 18.2 Å². The number of phenols is 1. The molecule has 6 nitrogen and oxygen atoms in total. The lowest BCUT2D eigenvalue weighted by Gasteiger charge is -2.07. The average molecular weight is 328 g/mol. The maximum absolute atomic E-state index is 12.3. The van der Waals surface area contributed by atoms with Gasteiger partial charge >= 0.3 is 11.6 Å². The van der Waals surface area contributed by atoms with Gasteiger partial charge < -0.3 is 18.7 Å². The number of carbonyl (C=O) groups is 1. The van der Waals surface area contributed by atoms with Gasteiger partial charge in [0.25, 0.3) is 0 Å². The van der Waals surface area contributed by atoms with Gasteiger partial charge in [0.15, 0.2) is 0 Å². The average Bonchev–Trinajstić information content (AvgIpc) is 2.76. The number of benzene rings is 1. The summed E-state index contributed by atoms with van der Waals surface area (Å²) >= 11 is 0. The summed E-state index contributed by atoms with van der Waals surface area (Å²) in [6.07, 6.45) is 0. The Kier molecular flexibility index (Phi) is 3.89. The molecule has 0 unspecified atom stereocenters. The van der Waals surface area contributed by atoms with E-state index in [0.717, 1.165) is 5.56 Å². The molecule has 3 rings (SSSR count). The first-order chi connectivity index (χ1) is 11.4. The van der Waals surface area contributed by atoms with Crippen LogP contribution in [0.15, 0.2) is 37.9 Å². The number of esters is 1. The van der Waals surface area contributed by atoms with Gasteiger partial charge in [-0.25, -0.2) is 9.59 Å². The van der Waals surface area contributed by atoms with E-state index < -0.39 is 11.6 Å². The molecule has 0 saturated heterocycles. The maximum Gasteiger partial charge on any atom is 0.342 e. The molecule has 0 bridgehead atoms. The third-order valence-electron chi connectivity index (χ3n) is 3.94. The lowest BCUT2D eigenvalue weighted by Crippen LogP contribution is -2.09. The van der Waals surface area contributed by atoms with Crippen molar-refractivity contribution in [2.75, 3.05) is 0 Å². The molecule has 0 radical (unpaired) electrons. The van der Waals surface area contributed by atoms with Gasteiger partial charge in [-0.15, -0.1) is 0 Å². The van der Waals surface area contributed by atoms with Gasteiger partial charge in [0.2, 0.25) is 0 Å².